The van der Waals surface area contributed by atoms with Crippen molar-refractivity contribution < 1.29 is 4.79 Å². The molecular formula is C19H29N5O. The summed E-state index contributed by atoms with van der Waals surface area (Å²) in [5, 5.41) is 6.12. The van der Waals surface area contributed by atoms with Crippen LogP contribution >= 0.6 is 0 Å². The van der Waals surface area contributed by atoms with Gasteiger partial charge in [0.05, 0.1) is 11.9 Å². The van der Waals surface area contributed by atoms with E-state index >= 15 is 0 Å². The van der Waals surface area contributed by atoms with Crippen molar-refractivity contribution in [1.29, 1.82) is 0 Å². The fraction of sp³-hybridized carbons (Fsp3) is 0.684. The van der Waals surface area contributed by atoms with Crippen LogP contribution in [0.3, 0.4) is 0 Å². The molecule has 0 aromatic carbocycles. The maximum Gasteiger partial charge on any atom is 0.319 e. The molecule has 1 aromatic heterocycles. The van der Waals surface area contributed by atoms with Crippen LogP contribution in [-0.2, 0) is 0 Å². The highest BCUT2D eigenvalue weighted by Crippen LogP contribution is 2.27. The number of anilines is 2. The van der Waals surface area contributed by atoms with Crippen molar-refractivity contribution >= 4 is 17.5 Å². The van der Waals surface area contributed by atoms with Crippen LogP contribution in [0.4, 0.5) is 16.3 Å². The lowest BCUT2D eigenvalue weighted by atomic mass is 9.99. The van der Waals surface area contributed by atoms with Gasteiger partial charge in [0.25, 0.3) is 0 Å². The largest absolute Gasteiger partial charge is 0.357 e. The number of amides is 2. The van der Waals surface area contributed by atoms with Gasteiger partial charge in [0, 0.05) is 31.7 Å². The van der Waals surface area contributed by atoms with Gasteiger partial charge in [-0.05, 0) is 57.2 Å². The standard InChI is InChI=1S/C19H29N5O/c25-19(22-16-9-13-23-10-5-2-6-17(16)23)21-15-7-8-18(20-14-15)24-11-3-1-4-12-24/h7-8,14,16-17H,1-6,9-13H2,(H2,21,22,25)/t16-,17+/m0/s1. The quantitative estimate of drug-likeness (QED) is 0.886. The predicted molar refractivity (Wildman–Crippen MR) is 100 cm³/mol. The summed E-state index contributed by atoms with van der Waals surface area (Å²) < 4.78 is 0. The Balaban J connectivity index is 1.30. The van der Waals surface area contributed by atoms with Crippen LogP contribution in [0.5, 0.6) is 0 Å². The minimum Gasteiger partial charge on any atom is -0.357 e. The Morgan fingerprint density at radius 3 is 2.64 bits per heavy atom. The SMILES string of the molecule is O=C(Nc1ccc(N2CCCCC2)nc1)N[C@H]1CCN2CCCC[C@H]12. The van der Waals surface area contributed by atoms with E-state index in [4.69, 9.17) is 0 Å². The van der Waals surface area contributed by atoms with Crippen LogP contribution in [0.15, 0.2) is 18.3 Å². The van der Waals surface area contributed by atoms with E-state index in [0.717, 1.165) is 37.6 Å². The highest BCUT2D eigenvalue weighted by atomic mass is 16.2. The monoisotopic (exact) mass is 343 g/mol. The van der Waals surface area contributed by atoms with Crippen molar-refractivity contribution in [3.05, 3.63) is 18.3 Å². The summed E-state index contributed by atoms with van der Waals surface area (Å²) in [6, 6.07) is 4.67. The molecule has 6 heteroatoms. The molecule has 0 aliphatic carbocycles. The Morgan fingerprint density at radius 1 is 1.00 bits per heavy atom. The maximum absolute atomic E-state index is 12.4. The number of nitrogens with zero attached hydrogens (tertiary/aromatic N) is 3. The van der Waals surface area contributed by atoms with E-state index in [1.165, 1.54) is 45.1 Å². The van der Waals surface area contributed by atoms with Gasteiger partial charge in [-0.15, -0.1) is 0 Å². The molecule has 4 rings (SSSR count). The Kier molecular flexibility index (Phi) is 5.06. The second-order valence-corrected chi connectivity index (χ2v) is 7.55. The van der Waals surface area contributed by atoms with E-state index in [2.05, 4.69) is 25.4 Å². The molecule has 2 amide bonds. The molecule has 3 fully saturated rings. The number of aromatic nitrogens is 1. The molecule has 6 nitrogen and oxygen atoms in total. The second kappa shape index (κ2) is 7.60. The van der Waals surface area contributed by atoms with Gasteiger partial charge in [0.15, 0.2) is 0 Å². The van der Waals surface area contributed by atoms with Gasteiger partial charge >= 0.3 is 6.03 Å². The Morgan fingerprint density at radius 2 is 1.84 bits per heavy atom. The molecule has 0 radical (unpaired) electrons. The number of carbonyl (C=O) groups is 1. The third kappa shape index (κ3) is 3.89. The summed E-state index contributed by atoms with van der Waals surface area (Å²) in [7, 11) is 0. The molecule has 0 unspecified atom stereocenters. The number of rotatable bonds is 3. The smallest absolute Gasteiger partial charge is 0.319 e. The molecule has 2 N–H and O–H groups in total. The van der Waals surface area contributed by atoms with E-state index in [-0.39, 0.29) is 12.1 Å². The van der Waals surface area contributed by atoms with Crippen LogP contribution in [-0.4, -0.2) is 54.2 Å². The lowest BCUT2D eigenvalue weighted by molar-refractivity contribution is 0.180. The summed E-state index contributed by atoms with van der Waals surface area (Å²) >= 11 is 0. The van der Waals surface area contributed by atoms with Crippen LogP contribution in [0, 0.1) is 0 Å². The van der Waals surface area contributed by atoms with E-state index in [9.17, 15) is 4.79 Å². The van der Waals surface area contributed by atoms with E-state index in [0.29, 0.717) is 6.04 Å². The van der Waals surface area contributed by atoms with Gasteiger partial charge < -0.3 is 15.5 Å². The first-order chi connectivity index (χ1) is 12.3. The molecular weight excluding hydrogens is 314 g/mol. The number of piperidine rings is 2. The molecule has 25 heavy (non-hydrogen) atoms. The van der Waals surface area contributed by atoms with Gasteiger partial charge in [0.1, 0.15) is 5.82 Å². The number of hydrogen-bond donors (Lipinski definition) is 2. The van der Waals surface area contributed by atoms with Gasteiger partial charge in [-0.1, -0.05) is 6.42 Å². The molecule has 2 atom stereocenters. The van der Waals surface area contributed by atoms with E-state index < -0.39 is 0 Å². The zero-order chi connectivity index (χ0) is 17.1. The molecule has 0 saturated carbocycles. The first kappa shape index (κ1) is 16.6. The summed E-state index contributed by atoms with van der Waals surface area (Å²) in [6.07, 6.45) is 10.4. The van der Waals surface area contributed by atoms with Crippen molar-refractivity contribution in [1.82, 2.24) is 15.2 Å². The predicted octanol–water partition coefficient (Wildman–Crippen LogP) is 2.82. The van der Waals surface area contributed by atoms with Crippen LogP contribution in [0.25, 0.3) is 0 Å². The molecule has 1 aromatic rings. The van der Waals surface area contributed by atoms with Gasteiger partial charge in [-0.3, -0.25) is 4.90 Å². The van der Waals surface area contributed by atoms with Gasteiger partial charge in [-0.2, -0.15) is 0 Å². The number of nitrogens with one attached hydrogen (secondary N) is 2. The Bertz CT molecular complexity index is 584. The van der Waals surface area contributed by atoms with Crippen molar-refractivity contribution in [2.45, 2.75) is 57.0 Å². The van der Waals surface area contributed by atoms with Gasteiger partial charge in [0.2, 0.25) is 0 Å². The zero-order valence-electron chi connectivity index (χ0n) is 14.9. The first-order valence-electron chi connectivity index (χ1n) is 9.82. The third-order valence-electron chi connectivity index (χ3n) is 5.86. The van der Waals surface area contributed by atoms with Crippen LogP contribution < -0.4 is 15.5 Å². The lowest BCUT2D eigenvalue weighted by Gasteiger charge is -2.32. The fourth-order valence-corrected chi connectivity index (χ4v) is 4.52. The highest BCUT2D eigenvalue weighted by Gasteiger charge is 2.36. The normalized spacial score (nSPS) is 27.0. The first-order valence-corrected chi connectivity index (χ1v) is 9.82. The fourth-order valence-electron chi connectivity index (χ4n) is 4.52. The molecule has 3 saturated heterocycles. The minimum atomic E-state index is -0.107. The summed E-state index contributed by atoms with van der Waals surface area (Å²) in [5.41, 5.74) is 0.761. The molecule has 4 heterocycles. The highest BCUT2D eigenvalue weighted by molar-refractivity contribution is 5.89. The maximum atomic E-state index is 12.4. The van der Waals surface area contributed by atoms with Crippen molar-refractivity contribution in [3.8, 4) is 0 Å². The summed E-state index contributed by atoms with van der Waals surface area (Å²) in [5.74, 6) is 1.01. The molecule has 3 aliphatic heterocycles. The molecule has 136 valence electrons. The lowest BCUT2D eigenvalue weighted by Crippen LogP contribution is -2.47. The van der Waals surface area contributed by atoms with Crippen LogP contribution in [0.1, 0.15) is 44.9 Å². The average Bonchev–Trinajstić information content (AvgIpc) is 3.06. The summed E-state index contributed by atoms with van der Waals surface area (Å²) in [6.45, 7) is 4.47. The zero-order valence-corrected chi connectivity index (χ0v) is 14.9. The number of fused-ring (bicyclic) bond motifs is 1. The number of pyridine rings is 1. The van der Waals surface area contributed by atoms with E-state index in [1.54, 1.807) is 6.20 Å². The Hall–Kier alpha value is -1.82. The topological polar surface area (TPSA) is 60.5 Å². The minimum absolute atomic E-state index is 0.107. The van der Waals surface area contributed by atoms with Gasteiger partial charge in [-0.25, -0.2) is 9.78 Å². The molecule has 0 spiro atoms. The van der Waals surface area contributed by atoms with Crippen LogP contribution in [0.2, 0.25) is 0 Å². The number of carbonyl (C=O) groups excluding carboxylic acids is 1. The molecule has 3 aliphatic rings. The van der Waals surface area contributed by atoms with Crippen molar-refractivity contribution in [3.63, 3.8) is 0 Å². The third-order valence-corrected chi connectivity index (χ3v) is 5.86. The average molecular weight is 343 g/mol. The van der Waals surface area contributed by atoms with Crippen molar-refractivity contribution in [2.75, 3.05) is 36.4 Å². The Labute approximate surface area is 150 Å². The second-order valence-electron chi connectivity index (χ2n) is 7.55. The van der Waals surface area contributed by atoms with E-state index in [1.807, 2.05) is 12.1 Å². The number of urea groups is 1. The number of hydrogen-bond acceptors (Lipinski definition) is 4. The van der Waals surface area contributed by atoms with Crippen molar-refractivity contribution in [2.24, 2.45) is 0 Å². The summed E-state index contributed by atoms with van der Waals surface area (Å²) in [4.78, 5) is 21.7. The molecule has 0 bridgehead atoms.